The maximum Gasteiger partial charge on any atom is 0.410 e. The van der Waals surface area contributed by atoms with Gasteiger partial charge in [-0.3, -0.25) is 19.3 Å². The van der Waals surface area contributed by atoms with Crippen LogP contribution in [0.4, 0.5) is 4.79 Å². The highest BCUT2D eigenvalue weighted by Gasteiger charge is 2.33. The number of carbonyl (C=O) groups is 5. The van der Waals surface area contributed by atoms with Gasteiger partial charge in [-0.25, -0.2) is 9.59 Å². The van der Waals surface area contributed by atoms with Gasteiger partial charge in [-0.1, -0.05) is 6.07 Å². The molecule has 4 amide bonds. The number of rotatable bonds is 5. The Hall–Kier alpha value is -3.43. The van der Waals surface area contributed by atoms with Gasteiger partial charge in [-0.2, -0.15) is 0 Å². The number of carbonyl (C=O) groups excluding carboxylic acids is 5. The lowest BCUT2D eigenvalue weighted by Crippen LogP contribution is -2.34. The van der Waals surface area contributed by atoms with Crippen LogP contribution in [0.2, 0.25) is 0 Å². The van der Waals surface area contributed by atoms with E-state index < -0.39 is 29.5 Å². The summed E-state index contributed by atoms with van der Waals surface area (Å²) in [5.74, 6) is -2.28. The largest absolute Gasteiger partial charge is 0.444 e. The number of nitrogens with one attached hydrogen (secondary N) is 1. The van der Waals surface area contributed by atoms with Crippen LogP contribution in [0.1, 0.15) is 61.5 Å². The van der Waals surface area contributed by atoms with Gasteiger partial charge in [0.15, 0.2) is 0 Å². The average Bonchev–Trinajstić information content (AvgIpc) is 3.24. The molecule has 3 rings (SSSR count). The molecule has 2 aliphatic rings. The van der Waals surface area contributed by atoms with Crippen molar-refractivity contribution in [2.75, 3.05) is 6.54 Å². The Bertz CT molecular complexity index is 919. The zero-order valence-corrected chi connectivity index (χ0v) is 17.7. The van der Waals surface area contributed by atoms with Gasteiger partial charge in [-0.15, -0.1) is 5.06 Å². The molecular formula is C21H25N3O7. The molecule has 0 atom stereocenters. The lowest BCUT2D eigenvalue weighted by Gasteiger charge is -2.24. The molecule has 1 aromatic carbocycles. The van der Waals surface area contributed by atoms with Crippen LogP contribution in [0.25, 0.3) is 0 Å². The highest BCUT2D eigenvalue weighted by molar-refractivity contribution is 6.01. The molecule has 1 saturated heterocycles. The summed E-state index contributed by atoms with van der Waals surface area (Å²) in [7, 11) is 0. The van der Waals surface area contributed by atoms with Crippen LogP contribution in [0.3, 0.4) is 0 Å². The Morgan fingerprint density at radius 3 is 2.32 bits per heavy atom. The minimum absolute atomic E-state index is 0.0188. The second-order valence-electron chi connectivity index (χ2n) is 8.37. The van der Waals surface area contributed by atoms with Crippen LogP contribution < -0.4 is 5.32 Å². The van der Waals surface area contributed by atoms with Crippen molar-refractivity contribution in [2.24, 2.45) is 0 Å². The summed E-state index contributed by atoms with van der Waals surface area (Å²) in [5, 5.41) is 3.07. The van der Waals surface area contributed by atoms with Crippen LogP contribution in [-0.2, 0) is 37.0 Å². The van der Waals surface area contributed by atoms with E-state index in [0.717, 1.165) is 11.1 Å². The van der Waals surface area contributed by atoms with Crippen molar-refractivity contribution < 1.29 is 33.5 Å². The topological polar surface area (TPSA) is 122 Å². The maximum absolute atomic E-state index is 12.4. The first kappa shape index (κ1) is 22.3. The quantitative estimate of drug-likeness (QED) is 0.704. The normalized spacial score (nSPS) is 15.7. The van der Waals surface area contributed by atoms with E-state index >= 15 is 0 Å². The van der Waals surface area contributed by atoms with E-state index in [1.165, 1.54) is 0 Å². The molecule has 166 valence electrons. The van der Waals surface area contributed by atoms with Crippen molar-refractivity contribution in [3.8, 4) is 0 Å². The summed E-state index contributed by atoms with van der Waals surface area (Å²) < 4.78 is 5.39. The summed E-state index contributed by atoms with van der Waals surface area (Å²) in [5.41, 5.74) is 1.59. The fourth-order valence-electron chi connectivity index (χ4n) is 3.18. The van der Waals surface area contributed by atoms with Gasteiger partial charge in [-0.05, 0) is 44.0 Å². The predicted octanol–water partition coefficient (Wildman–Crippen LogP) is 1.66. The summed E-state index contributed by atoms with van der Waals surface area (Å²) >= 11 is 0. The van der Waals surface area contributed by atoms with Crippen LogP contribution in [0.15, 0.2) is 18.2 Å². The number of hydrogen-bond acceptors (Lipinski definition) is 7. The SMILES string of the molecule is CC(C)(C)OC(=O)N1Cc2ccc(C(=O)NCCC(=O)ON3C(=O)CCC3=O)cc2C1. The molecule has 0 bridgehead atoms. The predicted molar refractivity (Wildman–Crippen MR) is 106 cm³/mol. The standard InChI is InChI=1S/C21H25N3O7/c1-21(2,3)30-20(29)23-11-14-5-4-13(10-15(14)12-23)19(28)22-9-8-18(27)31-24-16(25)6-7-17(24)26/h4-5,10H,6-9,11-12H2,1-3H3,(H,22,28). The van der Waals surface area contributed by atoms with E-state index in [2.05, 4.69) is 5.32 Å². The molecule has 2 aliphatic heterocycles. The first-order valence-electron chi connectivity index (χ1n) is 9.98. The monoisotopic (exact) mass is 431 g/mol. The molecule has 1 aromatic rings. The second kappa shape index (κ2) is 8.75. The van der Waals surface area contributed by atoms with Crippen LogP contribution in [-0.4, -0.2) is 51.9 Å². The van der Waals surface area contributed by atoms with E-state index in [1.807, 2.05) is 0 Å². The summed E-state index contributed by atoms with van der Waals surface area (Å²) in [6.07, 6.45) is -0.567. The third-order valence-corrected chi connectivity index (χ3v) is 4.66. The number of amides is 4. The minimum Gasteiger partial charge on any atom is -0.444 e. The molecule has 0 unspecified atom stereocenters. The maximum atomic E-state index is 12.4. The zero-order chi connectivity index (χ0) is 22.8. The van der Waals surface area contributed by atoms with Crippen molar-refractivity contribution in [3.63, 3.8) is 0 Å². The third kappa shape index (κ3) is 5.59. The van der Waals surface area contributed by atoms with Gasteiger partial charge in [0, 0.05) is 38.0 Å². The number of ether oxygens (including phenoxy) is 1. The van der Waals surface area contributed by atoms with Crippen molar-refractivity contribution >= 4 is 29.8 Å². The number of hydrogen-bond donors (Lipinski definition) is 1. The van der Waals surface area contributed by atoms with Crippen molar-refractivity contribution in [1.29, 1.82) is 0 Å². The highest BCUT2D eigenvalue weighted by Crippen LogP contribution is 2.25. The van der Waals surface area contributed by atoms with E-state index in [0.29, 0.717) is 23.7 Å². The first-order chi connectivity index (χ1) is 14.5. The van der Waals surface area contributed by atoms with E-state index in [-0.39, 0.29) is 31.7 Å². The highest BCUT2D eigenvalue weighted by atomic mass is 16.7. The molecule has 10 heteroatoms. The number of fused-ring (bicyclic) bond motifs is 1. The lowest BCUT2D eigenvalue weighted by molar-refractivity contribution is -0.197. The second-order valence-corrected chi connectivity index (χ2v) is 8.37. The molecule has 0 aromatic heterocycles. The average molecular weight is 431 g/mol. The summed E-state index contributed by atoms with van der Waals surface area (Å²) in [6.45, 7) is 6.13. The number of imide groups is 1. The molecule has 31 heavy (non-hydrogen) atoms. The van der Waals surface area contributed by atoms with Crippen molar-refractivity contribution in [1.82, 2.24) is 15.3 Å². The minimum atomic E-state index is -0.786. The Kier molecular flexibility index (Phi) is 6.28. The van der Waals surface area contributed by atoms with Crippen molar-refractivity contribution in [2.45, 2.75) is 58.7 Å². The van der Waals surface area contributed by atoms with Gasteiger partial charge in [0.25, 0.3) is 17.7 Å². The number of hydroxylamine groups is 2. The molecule has 0 radical (unpaired) electrons. The van der Waals surface area contributed by atoms with Crippen LogP contribution >= 0.6 is 0 Å². The Labute approximate surface area is 179 Å². The fourth-order valence-corrected chi connectivity index (χ4v) is 3.18. The lowest BCUT2D eigenvalue weighted by atomic mass is 10.1. The zero-order valence-electron chi connectivity index (χ0n) is 17.7. The van der Waals surface area contributed by atoms with Gasteiger partial charge < -0.3 is 14.9 Å². The smallest absolute Gasteiger partial charge is 0.410 e. The van der Waals surface area contributed by atoms with Gasteiger partial charge in [0.1, 0.15) is 5.60 Å². The Balaban J connectivity index is 1.49. The number of benzene rings is 1. The molecule has 1 fully saturated rings. The van der Waals surface area contributed by atoms with E-state index in [1.54, 1.807) is 43.9 Å². The van der Waals surface area contributed by atoms with Gasteiger partial charge in [0.2, 0.25) is 0 Å². The van der Waals surface area contributed by atoms with Crippen molar-refractivity contribution in [3.05, 3.63) is 34.9 Å². The molecule has 1 N–H and O–H groups in total. The Morgan fingerprint density at radius 1 is 1.03 bits per heavy atom. The summed E-state index contributed by atoms with van der Waals surface area (Å²) in [6, 6.07) is 5.13. The van der Waals surface area contributed by atoms with E-state index in [9.17, 15) is 24.0 Å². The van der Waals surface area contributed by atoms with E-state index in [4.69, 9.17) is 9.57 Å². The molecule has 0 aliphatic carbocycles. The fraction of sp³-hybridized carbons (Fsp3) is 0.476. The third-order valence-electron chi connectivity index (χ3n) is 4.66. The number of nitrogens with zero attached hydrogens (tertiary/aromatic N) is 2. The van der Waals surface area contributed by atoms with Crippen LogP contribution in [0, 0.1) is 0 Å². The first-order valence-corrected chi connectivity index (χ1v) is 9.98. The van der Waals surface area contributed by atoms with Gasteiger partial charge in [0.05, 0.1) is 6.42 Å². The molecule has 0 spiro atoms. The molecule has 2 heterocycles. The molecule has 10 nitrogen and oxygen atoms in total. The Morgan fingerprint density at radius 2 is 1.68 bits per heavy atom. The van der Waals surface area contributed by atoms with Gasteiger partial charge >= 0.3 is 12.1 Å². The summed E-state index contributed by atoms with van der Waals surface area (Å²) in [4.78, 5) is 65.6. The molecular weight excluding hydrogens is 406 g/mol. The van der Waals surface area contributed by atoms with Crippen LogP contribution in [0.5, 0.6) is 0 Å². The molecule has 0 saturated carbocycles.